The van der Waals surface area contributed by atoms with Crippen molar-refractivity contribution in [3.63, 3.8) is 0 Å². The van der Waals surface area contributed by atoms with Gasteiger partial charge in [0.05, 0.1) is 6.54 Å². The summed E-state index contributed by atoms with van der Waals surface area (Å²) in [7, 11) is 0. The number of rotatable bonds is 8. The van der Waals surface area contributed by atoms with E-state index in [1.54, 1.807) is 23.7 Å². The third-order valence-electron chi connectivity index (χ3n) is 5.93. The Morgan fingerprint density at radius 2 is 1.84 bits per heavy atom. The highest BCUT2D eigenvalue weighted by molar-refractivity contribution is 7.09. The molecule has 0 spiro atoms. The number of piperidine rings is 1. The minimum absolute atomic E-state index is 0.667. The van der Waals surface area contributed by atoms with Gasteiger partial charge in [-0.15, -0.1) is 11.3 Å². The lowest BCUT2D eigenvalue weighted by atomic mass is 9.93. The van der Waals surface area contributed by atoms with E-state index in [2.05, 4.69) is 53.3 Å². The maximum atomic E-state index is 4.96. The Hall–Kier alpha value is -2.84. The van der Waals surface area contributed by atoms with Gasteiger partial charge in [-0.3, -0.25) is 0 Å². The monoisotopic (exact) mass is 433 g/mol. The summed E-state index contributed by atoms with van der Waals surface area (Å²) in [5, 5.41) is 5.44. The van der Waals surface area contributed by atoms with Crippen LogP contribution in [0.3, 0.4) is 0 Å². The number of aromatic nitrogens is 5. The number of pyridine rings is 1. The van der Waals surface area contributed by atoms with E-state index in [1.807, 2.05) is 18.3 Å². The van der Waals surface area contributed by atoms with E-state index in [9.17, 15) is 0 Å². The largest absolute Gasteiger partial charge is 0.353 e. The highest BCUT2D eigenvalue weighted by atomic mass is 32.1. The van der Waals surface area contributed by atoms with Crippen LogP contribution in [0, 0.1) is 5.92 Å². The van der Waals surface area contributed by atoms with E-state index in [0.717, 1.165) is 50.3 Å². The first-order chi connectivity index (χ1) is 15.3. The van der Waals surface area contributed by atoms with E-state index >= 15 is 0 Å². The summed E-state index contributed by atoms with van der Waals surface area (Å²) >= 11 is 1.79. The van der Waals surface area contributed by atoms with Crippen LogP contribution in [-0.2, 0) is 13.0 Å². The van der Waals surface area contributed by atoms with Crippen molar-refractivity contribution in [2.45, 2.75) is 25.8 Å². The third kappa shape index (κ3) is 4.91. The van der Waals surface area contributed by atoms with Crippen LogP contribution in [0.2, 0.25) is 0 Å². The number of nitrogens with zero attached hydrogens (tertiary/aromatic N) is 6. The molecular formula is C23H27N7S. The molecule has 160 valence electrons. The van der Waals surface area contributed by atoms with Crippen LogP contribution in [0.5, 0.6) is 0 Å². The molecule has 5 heterocycles. The number of anilines is 1. The summed E-state index contributed by atoms with van der Waals surface area (Å²) in [4.78, 5) is 21.9. The quantitative estimate of drug-likeness (QED) is 0.457. The molecule has 0 saturated carbocycles. The zero-order valence-electron chi connectivity index (χ0n) is 17.5. The molecule has 1 aliphatic heterocycles. The molecule has 1 aliphatic rings. The average Bonchev–Trinajstić information content (AvgIpc) is 3.44. The predicted molar refractivity (Wildman–Crippen MR) is 124 cm³/mol. The Labute approximate surface area is 186 Å². The van der Waals surface area contributed by atoms with Gasteiger partial charge in [0, 0.05) is 43.0 Å². The van der Waals surface area contributed by atoms with E-state index in [1.165, 1.54) is 23.5 Å². The van der Waals surface area contributed by atoms with Gasteiger partial charge in [-0.05, 0) is 61.5 Å². The molecule has 1 N–H and O–H groups in total. The minimum atomic E-state index is 0.667. The molecule has 5 rings (SSSR count). The van der Waals surface area contributed by atoms with Crippen LogP contribution in [0.25, 0.3) is 11.2 Å². The van der Waals surface area contributed by atoms with Gasteiger partial charge in [0.1, 0.15) is 11.3 Å². The highest BCUT2D eigenvalue weighted by Crippen LogP contribution is 2.25. The van der Waals surface area contributed by atoms with Crippen LogP contribution >= 0.6 is 11.3 Å². The number of nitrogens with one attached hydrogen (secondary N) is 1. The average molecular weight is 434 g/mol. The summed E-state index contributed by atoms with van der Waals surface area (Å²) in [6.07, 6.45) is 8.83. The lowest BCUT2D eigenvalue weighted by Crippen LogP contribution is -2.37. The van der Waals surface area contributed by atoms with Crippen molar-refractivity contribution >= 4 is 28.4 Å². The predicted octanol–water partition coefficient (Wildman–Crippen LogP) is 3.70. The van der Waals surface area contributed by atoms with Crippen LogP contribution < -0.4 is 5.32 Å². The van der Waals surface area contributed by atoms with E-state index < -0.39 is 0 Å². The highest BCUT2D eigenvalue weighted by Gasteiger charge is 2.22. The summed E-state index contributed by atoms with van der Waals surface area (Å²) in [5.41, 5.74) is 2.00. The fraction of sp³-hybridized carbons (Fsp3) is 0.391. The van der Waals surface area contributed by atoms with Crippen LogP contribution in [-0.4, -0.2) is 55.6 Å². The first-order valence-electron chi connectivity index (χ1n) is 10.9. The van der Waals surface area contributed by atoms with Crippen LogP contribution in [0.1, 0.15) is 23.5 Å². The number of thiophene rings is 1. The molecule has 0 atom stereocenters. The standard InChI is InChI=1S/C23H27N7S/c1-5-20-22(24-8-1)30(17-19-4-2-15-31-19)21(28-20)16-18-6-12-29(13-7-18)14-11-27-23-25-9-3-10-26-23/h1-5,8-10,15,18H,6-7,11-14,16-17H2,(H,25,26,27). The molecule has 0 unspecified atom stereocenters. The number of likely N-dealkylation sites (tertiary alicyclic amines) is 1. The molecule has 31 heavy (non-hydrogen) atoms. The second-order valence-corrected chi connectivity index (χ2v) is 9.06. The summed E-state index contributed by atoms with van der Waals surface area (Å²) < 4.78 is 2.32. The van der Waals surface area contributed by atoms with Gasteiger partial charge in [-0.1, -0.05) is 6.07 Å². The Morgan fingerprint density at radius 1 is 1.00 bits per heavy atom. The first-order valence-corrected chi connectivity index (χ1v) is 11.8. The molecule has 0 bridgehead atoms. The third-order valence-corrected chi connectivity index (χ3v) is 6.79. The van der Waals surface area contributed by atoms with Crippen molar-refractivity contribution in [1.29, 1.82) is 0 Å². The van der Waals surface area contributed by atoms with E-state index in [-0.39, 0.29) is 0 Å². The van der Waals surface area contributed by atoms with Crippen molar-refractivity contribution in [2.75, 3.05) is 31.5 Å². The molecular weight excluding hydrogens is 406 g/mol. The number of hydrogen-bond acceptors (Lipinski definition) is 7. The molecule has 4 aromatic heterocycles. The fourth-order valence-corrected chi connectivity index (χ4v) is 4.97. The molecule has 8 heteroatoms. The molecule has 0 aliphatic carbocycles. The summed E-state index contributed by atoms with van der Waals surface area (Å²) in [5.74, 6) is 2.54. The van der Waals surface area contributed by atoms with Crippen molar-refractivity contribution in [3.8, 4) is 0 Å². The lowest BCUT2D eigenvalue weighted by Gasteiger charge is -2.31. The molecule has 0 amide bonds. The number of hydrogen-bond donors (Lipinski definition) is 1. The molecule has 4 aromatic rings. The number of imidazole rings is 1. The van der Waals surface area contributed by atoms with Gasteiger partial charge in [-0.25, -0.2) is 19.9 Å². The zero-order valence-corrected chi connectivity index (χ0v) is 18.3. The fourth-order valence-electron chi connectivity index (χ4n) is 4.27. The van der Waals surface area contributed by atoms with E-state index in [0.29, 0.717) is 11.9 Å². The topological polar surface area (TPSA) is 71.8 Å². The van der Waals surface area contributed by atoms with E-state index in [4.69, 9.17) is 4.98 Å². The second kappa shape index (κ2) is 9.53. The second-order valence-electron chi connectivity index (χ2n) is 8.03. The molecule has 0 radical (unpaired) electrons. The number of fused-ring (bicyclic) bond motifs is 1. The van der Waals surface area contributed by atoms with Crippen molar-refractivity contribution < 1.29 is 0 Å². The van der Waals surface area contributed by atoms with Crippen LogP contribution in [0.4, 0.5) is 5.95 Å². The Morgan fingerprint density at radius 3 is 2.65 bits per heavy atom. The van der Waals surface area contributed by atoms with Gasteiger partial charge in [0.25, 0.3) is 0 Å². The van der Waals surface area contributed by atoms with Crippen molar-refractivity contribution in [2.24, 2.45) is 5.92 Å². The zero-order chi connectivity index (χ0) is 20.9. The Balaban J connectivity index is 1.18. The lowest BCUT2D eigenvalue weighted by molar-refractivity contribution is 0.188. The van der Waals surface area contributed by atoms with Crippen molar-refractivity contribution in [3.05, 3.63) is 65.0 Å². The molecule has 1 saturated heterocycles. The smallest absolute Gasteiger partial charge is 0.222 e. The minimum Gasteiger partial charge on any atom is -0.353 e. The molecule has 1 fully saturated rings. The summed E-state index contributed by atoms with van der Waals surface area (Å²) in [6.45, 7) is 5.01. The van der Waals surface area contributed by atoms with Gasteiger partial charge < -0.3 is 14.8 Å². The van der Waals surface area contributed by atoms with Gasteiger partial charge in [-0.2, -0.15) is 0 Å². The Kier molecular flexibility index (Phi) is 6.18. The SMILES string of the molecule is c1cnc(NCCN2CCC(Cc3nc4cccnc4n3Cc3cccs3)CC2)nc1. The maximum Gasteiger partial charge on any atom is 0.222 e. The Bertz CT molecular complexity index is 1090. The summed E-state index contributed by atoms with van der Waals surface area (Å²) in [6, 6.07) is 10.2. The van der Waals surface area contributed by atoms with Crippen molar-refractivity contribution in [1.82, 2.24) is 29.4 Å². The maximum absolute atomic E-state index is 4.96. The first kappa shape index (κ1) is 20.1. The van der Waals surface area contributed by atoms with Gasteiger partial charge in [0.15, 0.2) is 5.65 Å². The van der Waals surface area contributed by atoms with Gasteiger partial charge >= 0.3 is 0 Å². The molecule has 0 aromatic carbocycles. The van der Waals surface area contributed by atoms with Crippen LogP contribution in [0.15, 0.2) is 54.3 Å². The van der Waals surface area contributed by atoms with Gasteiger partial charge in [0.2, 0.25) is 5.95 Å². The normalized spacial score (nSPS) is 15.5. The molecule has 7 nitrogen and oxygen atoms in total.